The van der Waals surface area contributed by atoms with Crippen molar-refractivity contribution in [1.29, 1.82) is 2.86 Å². The average molecular weight is 335 g/mol. The molecule has 4 amide bonds. The van der Waals surface area contributed by atoms with Gasteiger partial charge in [-0.25, -0.2) is 0 Å². The number of carbonyl (C=O) groups excluding carboxylic acids is 4. The molecule has 0 heterocycles. The van der Waals surface area contributed by atoms with Crippen LogP contribution >= 0.6 is 0 Å². The van der Waals surface area contributed by atoms with Crippen LogP contribution in [0.4, 0.5) is 0 Å². The molecule has 0 atom stereocenters. The predicted molar refractivity (Wildman–Crippen MR) is 79.1 cm³/mol. The first-order chi connectivity index (χ1) is 12.0. The normalized spacial score (nSPS) is 11.0. The Hall–Kier alpha value is -2.24. The van der Waals surface area contributed by atoms with E-state index in [2.05, 4.69) is 36.8 Å². The van der Waals surface area contributed by atoms with Gasteiger partial charge < -0.3 is 36.8 Å². The summed E-state index contributed by atoms with van der Waals surface area (Å²) in [6, 6.07) is 0. The second kappa shape index (κ2) is 13.4. The lowest BCUT2D eigenvalue weighted by molar-refractivity contribution is -0.139. The van der Waals surface area contributed by atoms with Gasteiger partial charge in [-0.05, 0) is 0 Å². The lowest BCUT2D eigenvalue weighted by Crippen LogP contribution is -2.44. The molecule has 23 heavy (non-hydrogen) atoms. The Morgan fingerprint density at radius 2 is 0.957 bits per heavy atom. The van der Waals surface area contributed by atoms with Crippen molar-refractivity contribution in [2.75, 3.05) is 52.5 Å². The molecule has 0 aliphatic carbocycles. The standard InChI is InChI=1S/C12H23N5O6/c18-7-5-16-11(22)9(20)14-3-1-13-2-4-15-10(21)12(23)17-6-8-19/h13,18-19H,1-8H2,(H,14,20)(H,15,21)(H,16,22)(H,17,23)/i18D,19D. The molecule has 0 aromatic heterocycles. The van der Waals surface area contributed by atoms with Gasteiger partial charge in [0, 0.05) is 39.3 Å². The summed E-state index contributed by atoms with van der Waals surface area (Å²) in [4.78, 5) is 45.2. The Balaban J connectivity index is 3.57. The van der Waals surface area contributed by atoms with Gasteiger partial charge in [0.1, 0.15) is 0 Å². The van der Waals surface area contributed by atoms with Crippen LogP contribution in [0.2, 0.25) is 0 Å². The molecule has 0 aliphatic heterocycles. The van der Waals surface area contributed by atoms with Crippen LogP contribution < -0.4 is 26.6 Å². The highest BCUT2D eigenvalue weighted by Crippen LogP contribution is 1.71. The number of aliphatic hydroxyl groups excluding tert-OH is 2. The van der Waals surface area contributed by atoms with E-state index < -0.39 is 23.6 Å². The smallest absolute Gasteiger partial charge is 0.309 e. The Bertz CT molecular complexity index is 402. The van der Waals surface area contributed by atoms with Gasteiger partial charge >= 0.3 is 23.6 Å². The first-order valence-electron chi connectivity index (χ1n) is 7.83. The highest BCUT2D eigenvalue weighted by molar-refractivity contribution is 6.35. The molecule has 11 heteroatoms. The summed E-state index contributed by atoms with van der Waals surface area (Å²) in [5.41, 5.74) is 0. The monoisotopic (exact) mass is 335 g/mol. The molecule has 0 aromatic rings. The molecule has 0 bridgehead atoms. The number of nitrogens with one attached hydrogen (secondary N) is 5. The van der Waals surface area contributed by atoms with Crippen LogP contribution in [0.1, 0.15) is 0 Å². The Labute approximate surface area is 136 Å². The zero-order chi connectivity index (χ0) is 18.9. The first-order valence-corrected chi connectivity index (χ1v) is 7.02. The third-order valence-electron chi connectivity index (χ3n) is 2.36. The second-order valence-corrected chi connectivity index (χ2v) is 4.18. The summed E-state index contributed by atoms with van der Waals surface area (Å²) < 4.78 is 12.8. The molecule has 0 unspecified atom stereocenters. The van der Waals surface area contributed by atoms with Crippen LogP contribution in [0.25, 0.3) is 0 Å². The van der Waals surface area contributed by atoms with Crippen LogP contribution in [0.3, 0.4) is 0 Å². The van der Waals surface area contributed by atoms with Crippen molar-refractivity contribution in [3.63, 3.8) is 0 Å². The maximum atomic E-state index is 11.3. The molecule has 11 nitrogen and oxygen atoms in total. The molecule has 0 fully saturated rings. The largest absolute Gasteiger partial charge is 0.395 e. The summed E-state index contributed by atoms with van der Waals surface area (Å²) in [5.74, 6) is -3.22. The Morgan fingerprint density at radius 1 is 0.609 bits per heavy atom. The Kier molecular flexibility index (Phi) is 9.99. The molecule has 7 N–H and O–H groups in total. The maximum absolute atomic E-state index is 11.3. The second-order valence-electron chi connectivity index (χ2n) is 4.18. The quantitative estimate of drug-likeness (QED) is 0.138. The predicted octanol–water partition coefficient (Wildman–Crippen LogP) is -4.97. The van der Waals surface area contributed by atoms with E-state index in [4.69, 9.17) is 2.86 Å². The summed E-state index contributed by atoms with van der Waals surface area (Å²) in [7, 11) is 0. The summed E-state index contributed by atoms with van der Waals surface area (Å²) in [5, 5.41) is 20.2. The zero-order valence-electron chi connectivity index (χ0n) is 14.6. The fourth-order valence-corrected chi connectivity index (χ4v) is 1.30. The van der Waals surface area contributed by atoms with Gasteiger partial charge in [0.2, 0.25) is 2.86 Å². The van der Waals surface area contributed by atoms with Gasteiger partial charge in [0.25, 0.3) is 0 Å². The van der Waals surface area contributed by atoms with Gasteiger partial charge in [0.15, 0.2) is 0 Å². The van der Waals surface area contributed by atoms with Gasteiger partial charge in [-0.2, -0.15) is 0 Å². The van der Waals surface area contributed by atoms with Crippen molar-refractivity contribution in [3.05, 3.63) is 0 Å². The lowest BCUT2D eigenvalue weighted by Gasteiger charge is -2.08. The van der Waals surface area contributed by atoms with Crippen LogP contribution in [-0.4, -0.2) is 89.2 Å². The first kappa shape index (κ1) is 17.1. The minimum Gasteiger partial charge on any atom is -0.395 e. The fraction of sp³-hybridized carbons (Fsp3) is 0.667. The third-order valence-corrected chi connectivity index (χ3v) is 2.36. The topological polar surface area (TPSA) is 169 Å². The molecule has 0 spiro atoms. The molecule has 132 valence electrons. The maximum Gasteiger partial charge on any atom is 0.309 e. The van der Waals surface area contributed by atoms with E-state index in [9.17, 15) is 19.2 Å². The minimum absolute atomic E-state index is 0.0116. The van der Waals surface area contributed by atoms with Crippen LogP contribution in [0, 0.1) is 0 Å². The van der Waals surface area contributed by atoms with Crippen LogP contribution in [-0.2, 0) is 19.2 Å². The van der Waals surface area contributed by atoms with E-state index in [-0.39, 0.29) is 39.4 Å². The summed E-state index contributed by atoms with van der Waals surface area (Å²) >= 11 is 0. The van der Waals surface area contributed by atoms with Crippen LogP contribution in [0.15, 0.2) is 0 Å². The molecule has 0 saturated heterocycles. The van der Waals surface area contributed by atoms with Gasteiger partial charge in [-0.15, -0.1) is 0 Å². The number of amides is 4. The van der Waals surface area contributed by atoms with Crippen LogP contribution in [0.5, 0.6) is 0 Å². The summed E-state index contributed by atoms with van der Waals surface area (Å²) in [6.07, 6.45) is 0. The highest BCUT2D eigenvalue weighted by Gasteiger charge is 2.12. The zero-order valence-corrected chi connectivity index (χ0v) is 12.6. The summed E-state index contributed by atoms with van der Waals surface area (Å²) in [6.45, 7) is 1.22. The van der Waals surface area contributed by atoms with Crippen molar-refractivity contribution in [2.24, 2.45) is 0 Å². The molecule has 0 aromatic carbocycles. The molecule has 0 aliphatic rings. The van der Waals surface area contributed by atoms with E-state index in [0.717, 1.165) is 0 Å². The van der Waals surface area contributed by atoms with E-state index >= 15 is 0 Å². The third kappa shape index (κ3) is 11.0. The number of aliphatic hydroxyl groups is 2. The molecule has 0 saturated carbocycles. The SMILES string of the molecule is [2H]OCCNC(=O)C(=O)NCCNCCNC(=O)C(=O)NCCO[2H]. The van der Waals surface area contributed by atoms with E-state index in [0.29, 0.717) is 13.1 Å². The van der Waals surface area contributed by atoms with Crippen molar-refractivity contribution >= 4 is 23.6 Å². The van der Waals surface area contributed by atoms with Gasteiger partial charge in [0.05, 0.1) is 13.2 Å². The fourth-order valence-electron chi connectivity index (χ4n) is 1.30. The van der Waals surface area contributed by atoms with Gasteiger partial charge in [-0.3, -0.25) is 19.2 Å². The van der Waals surface area contributed by atoms with Gasteiger partial charge in [-0.1, -0.05) is 0 Å². The molecule has 0 rings (SSSR count). The van der Waals surface area contributed by atoms with Crippen molar-refractivity contribution in [3.8, 4) is 0 Å². The minimum atomic E-state index is -0.814. The number of hydrogen-bond acceptors (Lipinski definition) is 7. The average Bonchev–Trinajstić information content (AvgIpc) is 2.60. The molecule has 0 radical (unpaired) electrons. The highest BCUT2D eigenvalue weighted by atomic mass is 16.3. The van der Waals surface area contributed by atoms with E-state index in [1.165, 1.54) is 0 Å². The number of hydrogen-bond donors (Lipinski definition) is 7. The number of rotatable bonds is 12. The molecular formula is C12H23N5O6. The van der Waals surface area contributed by atoms with Crippen molar-refractivity contribution in [1.82, 2.24) is 26.6 Å². The van der Waals surface area contributed by atoms with E-state index in [1.807, 2.05) is 0 Å². The lowest BCUT2D eigenvalue weighted by atomic mass is 10.4. The van der Waals surface area contributed by atoms with Crippen molar-refractivity contribution in [2.45, 2.75) is 0 Å². The number of carbonyl (C=O) groups is 4. The van der Waals surface area contributed by atoms with Crippen molar-refractivity contribution < 1.29 is 29.4 Å². The van der Waals surface area contributed by atoms with E-state index in [1.54, 1.807) is 0 Å². The Morgan fingerprint density at radius 3 is 1.30 bits per heavy atom. The molecular weight excluding hydrogens is 310 g/mol.